The predicted octanol–water partition coefficient (Wildman–Crippen LogP) is 4.50. The summed E-state index contributed by atoms with van der Waals surface area (Å²) in [5.41, 5.74) is 3.72. The molecule has 1 N–H and O–H groups in total. The molecule has 3 aromatic carbocycles. The summed E-state index contributed by atoms with van der Waals surface area (Å²) in [5, 5.41) is 11.1. The second-order valence-electron chi connectivity index (χ2n) is 7.34. The van der Waals surface area contributed by atoms with Crippen LogP contribution in [-0.2, 0) is 4.31 Å². The van der Waals surface area contributed by atoms with Gasteiger partial charge in [-0.15, -0.1) is 0 Å². The van der Waals surface area contributed by atoms with E-state index in [1.54, 1.807) is 0 Å². The van der Waals surface area contributed by atoms with Crippen LogP contribution in [0.25, 0.3) is 0 Å². The van der Waals surface area contributed by atoms with Gasteiger partial charge in [0.15, 0.2) is 0 Å². The van der Waals surface area contributed by atoms with E-state index < -0.39 is 5.72 Å². The van der Waals surface area contributed by atoms with Gasteiger partial charge in [0.05, 0.1) is 0 Å². The van der Waals surface area contributed by atoms with Gasteiger partial charge in [-0.05, 0) is 0 Å². The van der Waals surface area contributed by atoms with Crippen LogP contribution in [0.3, 0.4) is 0 Å². The Morgan fingerprint density at radius 2 is 1.33 bits per heavy atom. The van der Waals surface area contributed by atoms with Gasteiger partial charge in [0.2, 0.25) is 0 Å². The fourth-order valence-corrected chi connectivity index (χ4v) is 7.20. The third-order valence-electron chi connectivity index (χ3n) is 4.98. The molecule has 0 spiro atoms. The molecule has 1 atom stereocenters. The molecule has 1 aliphatic rings. The van der Waals surface area contributed by atoms with E-state index in [-0.39, 0.29) is 19.3 Å². The third kappa shape index (κ3) is 3.64. The Labute approximate surface area is 167 Å². The minimum atomic E-state index is -1.11. The molecule has 0 aliphatic carbocycles. The number of aliphatic hydroxyl groups is 1. The summed E-state index contributed by atoms with van der Waals surface area (Å²) in [7, 11) is 0. The molecule has 2 nitrogen and oxygen atoms in total. The summed E-state index contributed by atoms with van der Waals surface area (Å²) >= 11 is 0.0349. The first-order valence-electron chi connectivity index (χ1n) is 9.18. The summed E-state index contributed by atoms with van der Waals surface area (Å²) in [4.78, 5) is 4.76. The van der Waals surface area contributed by atoms with Gasteiger partial charge in [-0.3, -0.25) is 0 Å². The molecule has 3 aromatic rings. The van der Waals surface area contributed by atoms with Crippen molar-refractivity contribution in [3.05, 3.63) is 107 Å². The predicted molar refractivity (Wildman–Crippen MR) is 112 cm³/mol. The van der Waals surface area contributed by atoms with Crippen molar-refractivity contribution in [2.45, 2.75) is 30.3 Å². The van der Waals surface area contributed by atoms with Gasteiger partial charge in [-0.2, -0.15) is 0 Å². The molecule has 1 aliphatic heterocycles. The van der Waals surface area contributed by atoms with Gasteiger partial charge in [0.1, 0.15) is 0 Å². The minimum absolute atomic E-state index is 0.0349. The average Bonchev–Trinajstić information content (AvgIpc) is 2.68. The number of aliphatic imine (C=N–C) groups is 1. The van der Waals surface area contributed by atoms with Crippen molar-refractivity contribution in [1.82, 2.24) is 0 Å². The van der Waals surface area contributed by atoms with Crippen LogP contribution in [0.1, 0.15) is 35.6 Å². The molecule has 1 heterocycles. The van der Waals surface area contributed by atoms with Crippen molar-refractivity contribution in [2.24, 2.45) is 4.99 Å². The number of hydrogen-bond acceptors (Lipinski definition) is 2. The number of nitrogens with zero attached hydrogens (tertiary/aromatic N) is 1. The Morgan fingerprint density at radius 3 is 1.85 bits per heavy atom. The zero-order chi connectivity index (χ0) is 18.9. The number of hydrogen-bond donors (Lipinski definition) is 1. The molecule has 0 aromatic heterocycles. The van der Waals surface area contributed by atoms with E-state index in [0.717, 1.165) is 10.2 Å². The van der Waals surface area contributed by atoms with Gasteiger partial charge in [0.25, 0.3) is 0 Å². The fourth-order valence-electron chi connectivity index (χ4n) is 3.68. The Balaban J connectivity index is 1.89. The Kier molecular flexibility index (Phi) is 4.77. The van der Waals surface area contributed by atoms with Crippen molar-refractivity contribution in [1.29, 1.82) is 0 Å². The second kappa shape index (κ2) is 7.09. The molecule has 0 radical (unpaired) electrons. The molecule has 0 saturated carbocycles. The summed E-state index contributed by atoms with van der Waals surface area (Å²) < 4.78 is 0.771. The third-order valence-corrected chi connectivity index (χ3v) is 8.09. The zero-order valence-electron chi connectivity index (χ0n) is 15.6. The second-order valence-corrected chi connectivity index (χ2v) is 10.0. The Bertz CT molecular complexity index is 907. The maximum atomic E-state index is 11.1. The summed E-state index contributed by atoms with van der Waals surface area (Å²) in [6.45, 7) is 3.92. The van der Waals surface area contributed by atoms with E-state index >= 15 is 0 Å². The standard InChI is InChI=1S/C24H23NOSe/c1-18-13-15-19(16-14-18)22-25-23(2,26)17-24(27-22,20-9-5-3-6-10-20)21-11-7-4-8-12-21/h3-16,26H,17H2,1-2H3. The molecule has 0 amide bonds. The van der Waals surface area contributed by atoms with Crippen LogP contribution < -0.4 is 0 Å². The molecule has 3 heteroatoms. The topological polar surface area (TPSA) is 32.6 Å². The molecule has 136 valence electrons. The zero-order valence-corrected chi connectivity index (χ0v) is 17.3. The van der Waals surface area contributed by atoms with Gasteiger partial charge in [-0.25, -0.2) is 0 Å². The fraction of sp³-hybridized carbons (Fsp3) is 0.208. The van der Waals surface area contributed by atoms with Gasteiger partial charge >= 0.3 is 167 Å². The SMILES string of the molecule is Cc1ccc(C2=NC(C)(O)CC(c3ccccc3)(c3ccccc3)[Se]2)cc1. The first kappa shape index (κ1) is 18.2. The molecular formula is C24H23NOSe. The normalized spacial score (nSPS) is 21.5. The number of rotatable bonds is 3. The summed E-state index contributed by atoms with van der Waals surface area (Å²) in [5.74, 6) is 0. The van der Waals surface area contributed by atoms with E-state index in [1.165, 1.54) is 16.7 Å². The summed E-state index contributed by atoms with van der Waals surface area (Å²) in [6, 6.07) is 29.6. The Morgan fingerprint density at radius 1 is 0.815 bits per heavy atom. The van der Waals surface area contributed by atoms with Gasteiger partial charge < -0.3 is 0 Å². The van der Waals surface area contributed by atoms with Gasteiger partial charge in [0, 0.05) is 0 Å². The maximum absolute atomic E-state index is 11.1. The van der Waals surface area contributed by atoms with E-state index in [2.05, 4.69) is 79.7 Å². The van der Waals surface area contributed by atoms with Crippen molar-refractivity contribution in [3.63, 3.8) is 0 Å². The van der Waals surface area contributed by atoms with E-state index in [1.807, 2.05) is 19.1 Å². The molecule has 0 bridgehead atoms. The molecule has 1 unspecified atom stereocenters. The van der Waals surface area contributed by atoms with Crippen LogP contribution >= 0.6 is 0 Å². The van der Waals surface area contributed by atoms with E-state index in [9.17, 15) is 5.11 Å². The summed E-state index contributed by atoms with van der Waals surface area (Å²) in [6.07, 6.45) is 0.587. The number of benzene rings is 3. The van der Waals surface area contributed by atoms with E-state index in [0.29, 0.717) is 6.42 Å². The van der Waals surface area contributed by atoms with E-state index in [4.69, 9.17) is 4.99 Å². The quantitative estimate of drug-likeness (QED) is 0.622. The molecule has 4 rings (SSSR count). The molecular weight excluding hydrogens is 397 g/mol. The van der Waals surface area contributed by atoms with Crippen molar-refractivity contribution >= 4 is 19.6 Å². The number of aryl methyl sites for hydroxylation is 1. The van der Waals surface area contributed by atoms with Crippen LogP contribution in [0.15, 0.2) is 89.9 Å². The monoisotopic (exact) mass is 421 g/mol. The first-order chi connectivity index (χ1) is 13.0. The van der Waals surface area contributed by atoms with Crippen LogP contribution in [0.4, 0.5) is 0 Å². The van der Waals surface area contributed by atoms with Crippen LogP contribution in [0, 0.1) is 6.92 Å². The van der Waals surface area contributed by atoms with Crippen LogP contribution in [-0.4, -0.2) is 30.4 Å². The van der Waals surface area contributed by atoms with Crippen molar-refractivity contribution in [3.8, 4) is 0 Å². The average molecular weight is 420 g/mol. The van der Waals surface area contributed by atoms with Crippen LogP contribution in [0.2, 0.25) is 0 Å². The van der Waals surface area contributed by atoms with Crippen molar-refractivity contribution < 1.29 is 5.11 Å². The van der Waals surface area contributed by atoms with Gasteiger partial charge in [-0.1, -0.05) is 0 Å². The molecule has 0 fully saturated rings. The molecule has 27 heavy (non-hydrogen) atoms. The van der Waals surface area contributed by atoms with Crippen molar-refractivity contribution in [2.75, 3.05) is 0 Å². The first-order valence-corrected chi connectivity index (χ1v) is 10.9. The van der Waals surface area contributed by atoms with Crippen LogP contribution in [0.5, 0.6) is 0 Å². The molecule has 0 saturated heterocycles. The Hall–Kier alpha value is -2.19.